The molecule has 1 saturated heterocycles. The van der Waals surface area contributed by atoms with Gasteiger partial charge in [-0.05, 0) is 54.2 Å². The summed E-state index contributed by atoms with van der Waals surface area (Å²) >= 11 is 0. The Morgan fingerprint density at radius 1 is 1.24 bits per heavy atom. The second-order valence-corrected chi connectivity index (χ2v) is 10.9. The number of ether oxygens (including phenoxy) is 4. The minimum atomic E-state index is -1.78. The average molecular weight is 490 g/mol. The number of methoxy groups -OCH3 is 1. The van der Waals surface area contributed by atoms with E-state index in [1.54, 1.807) is 6.07 Å². The lowest BCUT2D eigenvalue weighted by molar-refractivity contribution is -0.119. The molecule has 182 valence electrons. The fourth-order valence-electron chi connectivity index (χ4n) is 4.84. The number of anilines is 1. The first kappa shape index (κ1) is 23.3. The van der Waals surface area contributed by atoms with Crippen LogP contribution in [0.25, 0.3) is 0 Å². The van der Waals surface area contributed by atoms with E-state index in [2.05, 4.69) is 4.72 Å². The summed E-state index contributed by atoms with van der Waals surface area (Å²) in [7, 11) is -0.476. The smallest absolute Gasteiger partial charge is 0.343 e. The van der Waals surface area contributed by atoms with Crippen molar-refractivity contribution in [2.75, 3.05) is 31.7 Å². The van der Waals surface area contributed by atoms with Crippen molar-refractivity contribution < 1.29 is 32.3 Å². The van der Waals surface area contributed by atoms with Crippen LogP contribution in [0.15, 0.2) is 35.2 Å². The summed E-state index contributed by atoms with van der Waals surface area (Å²) in [6.07, 6.45) is 0.994. The Balaban J connectivity index is 1.45. The summed E-state index contributed by atoms with van der Waals surface area (Å²) in [5, 5.41) is 0. The van der Waals surface area contributed by atoms with Crippen LogP contribution in [0, 0.1) is 17.2 Å². The third-order valence-corrected chi connectivity index (χ3v) is 7.88. The summed E-state index contributed by atoms with van der Waals surface area (Å²) < 4.78 is 52.8. The first-order chi connectivity index (χ1) is 16.3. The number of nitrogens with one attached hydrogen (secondary N) is 1. The van der Waals surface area contributed by atoms with Gasteiger partial charge in [-0.2, -0.15) is 0 Å². The first-order valence-electron chi connectivity index (χ1n) is 11.4. The molecular formula is C25H28FNO6S. The lowest BCUT2D eigenvalue weighted by atomic mass is 9.85. The number of benzene rings is 2. The number of hydrogen-bond acceptors (Lipinski definition) is 6. The Labute approximate surface area is 200 Å². The number of esters is 1. The number of hydrogen-bond donors (Lipinski definition) is 1. The van der Waals surface area contributed by atoms with E-state index in [0.29, 0.717) is 60.0 Å². The monoisotopic (exact) mass is 489 g/mol. The minimum absolute atomic E-state index is 0.232. The standard InChI is InChI=1S/C25H28FNO6S/c1-25(2,24-31-8-9-32-24)12-14-10-16(26)4-7-20(14)34(29)27-19-6-5-17-18-11-15(18)13-33-22(17)21(19)23(28)30-3/h4-7,10,15,18,24,27H,8-9,11-13H2,1-3H3. The third-order valence-electron chi connectivity index (χ3n) is 6.67. The third kappa shape index (κ3) is 4.32. The molecule has 0 aromatic heterocycles. The predicted molar refractivity (Wildman–Crippen MR) is 124 cm³/mol. The topological polar surface area (TPSA) is 83.1 Å². The van der Waals surface area contributed by atoms with Gasteiger partial charge in [0.1, 0.15) is 17.1 Å². The van der Waals surface area contributed by atoms with E-state index >= 15 is 0 Å². The van der Waals surface area contributed by atoms with Gasteiger partial charge in [0.15, 0.2) is 17.3 Å². The lowest BCUT2D eigenvalue weighted by Crippen LogP contribution is -2.32. The molecule has 0 spiro atoms. The Morgan fingerprint density at radius 2 is 2.00 bits per heavy atom. The van der Waals surface area contributed by atoms with Crippen LogP contribution in [-0.2, 0) is 31.6 Å². The van der Waals surface area contributed by atoms with Gasteiger partial charge < -0.3 is 23.7 Å². The maximum Gasteiger partial charge on any atom is 0.343 e. The van der Waals surface area contributed by atoms with E-state index in [1.807, 2.05) is 19.9 Å². The molecule has 0 bridgehead atoms. The van der Waals surface area contributed by atoms with Crippen LogP contribution < -0.4 is 9.46 Å². The normalized spacial score (nSPS) is 22.4. The van der Waals surface area contributed by atoms with Crippen molar-refractivity contribution in [1.29, 1.82) is 0 Å². The zero-order chi connectivity index (χ0) is 24.0. The molecule has 1 N–H and O–H groups in total. The SMILES string of the molecule is COC(=O)c1c(NS(=O)c2ccc(F)cc2CC(C)(C)C2OCCO2)ccc2c1OCC1CC21. The largest absolute Gasteiger partial charge is 0.492 e. The lowest BCUT2D eigenvalue weighted by Gasteiger charge is -2.30. The van der Waals surface area contributed by atoms with E-state index in [4.69, 9.17) is 18.9 Å². The van der Waals surface area contributed by atoms with Gasteiger partial charge in [-0.25, -0.2) is 13.4 Å². The van der Waals surface area contributed by atoms with Crippen LogP contribution in [0.5, 0.6) is 5.75 Å². The molecule has 9 heteroatoms. The molecule has 2 heterocycles. The Hall–Kier alpha value is -2.49. The highest BCUT2D eigenvalue weighted by atomic mass is 32.2. The summed E-state index contributed by atoms with van der Waals surface area (Å²) in [6.45, 7) is 5.51. The molecule has 0 amide bonds. The molecule has 5 rings (SSSR count). The summed E-state index contributed by atoms with van der Waals surface area (Å²) in [6, 6.07) is 7.81. The van der Waals surface area contributed by atoms with Gasteiger partial charge in [0.2, 0.25) is 0 Å². The molecule has 3 atom stereocenters. The first-order valence-corrected chi connectivity index (χ1v) is 12.5. The number of carbonyl (C=O) groups is 1. The molecule has 3 unspecified atom stereocenters. The van der Waals surface area contributed by atoms with Crippen LogP contribution in [0.4, 0.5) is 10.1 Å². The Bertz CT molecular complexity index is 1150. The Morgan fingerprint density at radius 3 is 2.74 bits per heavy atom. The van der Waals surface area contributed by atoms with Gasteiger partial charge in [0, 0.05) is 11.3 Å². The Kier molecular flexibility index (Phi) is 6.12. The van der Waals surface area contributed by atoms with Crippen molar-refractivity contribution in [2.45, 2.75) is 43.8 Å². The molecule has 2 aliphatic heterocycles. The number of rotatable bonds is 7. The highest BCUT2D eigenvalue weighted by molar-refractivity contribution is 7.86. The fraction of sp³-hybridized carbons (Fsp3) is 0.480. The van der Waals surface area contributed by atoms with Gasteiger partial charge in [0.25, 0.3) is 0 Å². The van der Waals surface area contributed by atoms with E-state index in [9.17, 15) is 13.4 Å². The van der Waals surface area contributed by atoms with Gasteiger partial charge in [-0.3, -0.25) is 0 Å². The van der Waals surface area contributed by atoms with Crippen LogP contribution in [0.1, 0.15) is 47.7 Å². The zero-order valence-corrected chi connectivity index (χ0v) is 20.2. The highest BCUT2D eigenvalue weighted by Crippen LogP contribution is 2.55. The number of carbonyl (C=O) groups excluding carboxylic acids is 1. The maximum absolute atomic E-state index is 14.2. The predicted octanol–water partition coefficient (Wildman–Crippen LogP) is 4.18. The van der Waals surface area contributed by atoms with Gasteiger partial charge >= 0.3 is 5.97 Å². The zero-order valence-electron chi connectivity index (χ0n) is 19.4. The summed E-state index contributed by atoms with van der Waals surface area (Å²) in [5.74, 6) is 0.382. The van der Waals surface area contributed by atoms with Crippen LogP contribution in [-0.4, -0.2) is 43.4 Å². The van der Waals surface area contributed by atoms with Gasteiger partial charge in [-0.15, -0.1) is 0 Å². The maximum atomic E-state index is 14.2. The molecule has 0 radical (unpaired) electrons. The molecule has 3 aliphatic rings. The van der Waals surface area contributed by atoms with Crippen molar-refractivity contribution in [3.05, 3.63) is 52.8 Å². The molecule has 34 heavy (non-hydrogen) atoms. The molecule has 1 aliphatic carbocycles. The van der Waals surface area contributed by atoms with E-state index in [-0.39, 0.29) is 5.56 Å². The molecule has 2 aromatic carbocycles. The van der Waals surface area contributed by atoms with E-state index in [0.717, 1.165) is 12.0 Å². The van der Waals surface area contributed by atoms with Crippen molar-refractivity contribution in [1.82, 2.24) is 0 Å². The van der Waals surface area contributed by atoms with E-state index < -0.39 is 34.5 Å². The summed E-state index contributed by atoms with van der Waals surface area (Å²) in [5.41, 5.74) is 1.66. The molecule has 1 saturated carbocycles. The van der Waals surface area contributed by atoms with Crippen LogP contribution >= 0.6 is 0 Å². The minimum Gasteiger partial charge on any atom is -0.492 e. The van der Waals surface area contributed by atoms with Gasteiger partial charge in [0.05, 0.1) is 37.5 Å². The average Bonchev–Trinajstić information content (AvgIpc) is 3.38. The van der Waals surface area contributed by atoms with Crippen molar-refractivity contribution >= 4 is 22.6 Å². The van der Waals surface area contributed by atoms with Crippen molar-refractivity contribution in [3.8, 4) is 5.75 Å². The highest BCUT2D eigenvalue weighted by Gasteiger charge is 2.45. The van der Waals surface area contributed by atoms with Gasteiger partial charge in [-0.1, -0.05) is 19.9 Å². The molecular weight excluding hydrogens is 461 g/mol. The fourth-order valence-corrected chi connectivity index (χ4v) is 5.89. The van der Waals surface area contributed by atoms with Crippen molar-refractivity contribution in [2.24, 2.45) is 11.3 Å². The van der Waals surface area contributed by atoms with E-state index in [1.165, 1.54) is 25.3 Å². The second-order valence-electron chi connectivity index (χ2n) is 9.67. The number of halogens is 1. The molecule has 2 aromatic rings. The molecule has 7 nitrogen and oxygen atoms in total. The van der Waals surface area contributed by atoms with Crippen LogP contribution in [0.3, 0.4) is 0 Å². The number of fused-ring (bicyclic) bond motifs is 3. The van der Waals surface area contributed by atoms with Crippen molar-refractivity contribution in [3.63, 3.8) is 0 Å². The summed E-state index contributed by atoms with van der Waals surface area (Å²) in [4.78, 5) is 13.1. The second kappa shape index (κ2) is 8.94. The molecule has 2 fully saturated rings. The van der Waals surface area contributed by atoms with Crippen LogP contribution in [0.2, 0.25) is 0 Å². The quantitative estimate of drug-likeness (QED) is 0.588.